The quantitative estimate of drug-likeness (QED) is 0.543. The lowest BCUT2D eigenvalue weighted by atomic mass is 10.2. The monoisotopic (exact) mass is 406 g/mol. The zero-order valence-corrected chi connectivity index (χ0v) is 15.3. The van der Waals surface area contributed by atoms with Crippen molar-refractivity contribution in [1.29, 1.82) is 0 Å². The van der Waals surface area contributed by atoms with Gasteiger partial charge in [-0.1, -0.05) is 11.8 Å². The number of rotatable bonds is 6. The van der Waals surface area contributed by atoms with Crippen molar-refractivity contribution in [2.75, 3.05) is 38.3 Å². The van der Waals surface area contributed by atoms with Gasteiger partial charge in [0.25, 0.3) is 0 Å². The molecule has 6 nitrogen and oxygen atoms in total. The molecular weight excluding hydrogens is 388 g/mol. The zero-order chi connectivity index (χ0) is 19.4. The predicted molar refractivity (Wildman–Crippen MR) is 91.6 cm³/mol. The molecule has 0 bridgehead atoms. The van der Waals surface area contributed by atoms with Crippen molar-refractivity contribution in [3.8, 4) is 5.75 Å². The summed E-state index contributed by atoms with van der Waals surface area (Å²) in [6.07, 6.45) is -4.42. The maximum absolute atomic E-state index is 13.5. The number of thioether (sulfide) groups is 1. The van der Waals surface area contributed by atoms with E-state index in [1.807, 2.05) is 0 Å². The van der Waals surface area contributed by atoms with E-state index in [-0.39, 0.29) is 16.9 Å². The van der Waals surface area contributed by atoms with Crippen molar-refractivity contribution >= 4 is 17.7 Å². The van der Waals surface area contributed by atoms with E-state index in [0.29, 0.717) is 37.6 Å². The molecule has 3 rings (SSSR count). The molecule has 27 heavy (non-hydrogen) atoms. The minimum Gasteiger partial charge on any atom is -0.496 e. The second-order valence-electron chi connectivity index (χ2n) is 5.83. The van der Waals surface area contributed by atoms with Crippen LogP contribution in [0.3, 0.4) is 0 Å². The van der Waals surface area contributed by atoms with Gasteiger partial charge in [-0.05, 0) is 18.2 Å². The molecule has 0 unspecified atom stereocenters. The number of methoxy groups -OCH3 is 1. The average molecular weight is 406 g/mol. The molecule has 1 aromatic carbocycles. The van der Waals surface area contributed by atoms with Crippen LogP contribution in [-0.4, -0.2) is 54.4 Å². The van der Waals surface area contributed by atoms with Crippen molar-refractivity contribution in [3.05, 3.63) is 29.6 Å². The third-order valence-electron chi connectivity index (χ3n) is 3.93. The molecule has 0 spiro atoms. The minimum atomic E-state index is -4.42. The summed E-state index contributed by atoms with van der Waals surface area (Å²) in [7, 11) is 1.45. The van der Waals surface area contributed by atoms with Crippen molar-refractivity contribution in [1.82, 2.24) is 14.8 Å². The summed E-state index contributed by atoms with van der Waals surface area (Å²) >= 11 is 1.05. The number of morpholine rings is 1. The first-order chi connectivity index (χ1) is 12.9. The van der Waals surface area contributed by atoms with Gasteiger partial charge in [-0.2, -0.15) is 13.2 Å². The Morgan fingerprint density at radius 1 is 1.22 bits per heavy atom. The Morgan fingerprint density at radius 3 is 2.63 bits per heavy atom. The minimum absolute atomic E-state index is 0.111. The number of nitrogens with zero attached hydrogens (tertiary/aromatic N) is 4. The fourth-order valence-corrected chi connectivity index (χ4v) is 3.62. The van der Waals surface area contributed by atoms with E-state index in [9.17, 15) is 17.6 Å². The lowest BCUT2D eigenvalue weighted by Crippen LogP contribution is -2.38. The molecule has 0 amide bonds. The topological polar surface area (TPSA) is 52.4 Å². The third-order valence-corrected chi connectivity index (χ3v) is 4.94. The third kappa shape index (κ3) is 5.04. The molecule has 11 heteroatoms. The molecule has 0 aliphatic carbocycles. The fraction of sp³-hybridized carbons (Fsp3) is 0.500. The van der Waals surface area contributed by atoms with Crippen LogP contribution in [0.4, 0.5) is 23.5 Å². The normalized spacial score (nSPS) is 15.2. The van der Waals surface area contributed by atoms with E-state index in [2.05, 4.69) is 10.2 Å². The molecule has 1 saturated heterocycles. The van der Waals surface area contributed by atoms with Crippen LogP contribution in [0.15, 0.2) is 23.4 Å². The van der Waals surface area contributed by atoms with E-state index in [4.69, 9.17) is 9.47 Å². The summed E-state index contributed by atoms with van der Waals surface area (Å²) in [6, 6.07) is 4.03. The van der Waals surface area contributed by atoms with Gasteiger partial charge < -0.3 is 14.4 Å². The highest BCUT2D eigenvalue weighted by Gasteiger charge is 2.32. The molecule has 0 atom stereocenters. The van der Waals surface area contributed by atoms with Crippen LogP contribution < -0.4 is 9.64 Å². The van der Waals surface area contributed by atoms with Gasteiger partial charge >= 0.3 is 6.18 Å². The van der Waals surface area contributed by atoms with E-state index in [1.54, 1.807) is 4.90 Å². The van der Waals surface area contributed by atoms with E-state index < -0.39 is 18.5 Å². The summed E-state index contributed by atoms with van der Waals surface area (Å²) in [6.45, 7) is 0.524. The number of halogens is 4. The summed E-state index contributed by atoms with van der Waals surface area (Å²) in [5, 5.41) is 7.99. The molecule has 0 N–H and O–H groups in total. The van der Waals surface area contributed by atoms with E-state index in [0.717, 1.165) is 16.3 Å². The van der Waals surface area contributed by atoms with Crippen LogP contribution in [0.25, 0.3) is 0 Å². The average Bonchev–Trinajstić information content (AvgIpc) is 3.01. The van der Waals surface area contributed by atoms with Crippen LogP contribution in [0, 0.1) is 5.82 Å². The SMILES string of the molecule is COc1ccc(F)cc1CSc1nnc(N2CCOCC2)n1CC(F)(F)F. The van der Waals surface area contributed by atoms with Crippen LogP contribution in [0.5, 0.6) is 5.75 Å². The van der Waals surface area contributed by atoms with Crippen molar-refractivity contribution in [2.45, 2.75) is 23.6 Å². The molecular formula is C16H18F4N4O2S. The fourth-order valence-electron chi connectivity index (χ4n) is 2.70. The Labute approximate surface area is 157 Å². The molecule has 0 saturated carbocycles. The first-order valence-electron chi connectivity index (χ1n) is 8.15. The number of hydrogen-bond acceptors (Lipinski definition) is 6. The Balaban J connectivity index is 1.84. The highest BCUT2D eigenvalue weighted by atomic mass is 32.2. The second kappa shape index (κ2) is 8.34. The number of anilines is 1. The van der Waals surface area contributed by atoms with Crippen molar-refractivity contribution in [2.24, 2.45) is 0 Å². The van der Waals surface area contributed by atoms with Gasteiger partial charge in [0.05, 0.1) is 20.3 Å². The van der Waals surface area contributed by atoms with Gasteiger partial charge in [0.1, 0.15) is 18.1 Å². The molecule has 1 aliphatic heterocycles. The maximum atomic E-state index is 13.5. The van der Waals surface area contributed by atoms with Gasteiger partial charge in [0, 0.05) is 24.4 Å². The molecule has 1 aliphatic rings. The Bertz CT molecular complexity index is 778. The molecule has 1 aromatic heterocycles. The number of hydrogen-bond donors (Lipinski definition) is 0. The first-order valence-corrected chi connectivity index (χ1v) is 9.14. The van der Waals surface area contributed by atoms with Crippen LogP contribution in [0.1, 0.15) is 5.56 Å². The molecule has 2 heterocycles. The number of aromatic nitrogens is 3. The highest BCUT2D eigenvalue weighted by Crippen LogP contribution is 2.31. The Kier molecular flexibility index (Phi) is 6.10. The largest absolute Gasteiger partial charge is 0.496 e. The molecule has 2 aromatic rings. The summed E-state index contributed by atoms with van der Waals surface area (Å²) in [5.41, 5.74) is 0.525. The van der Waals surface area contributed by atoms with Gasteiger partial charge in [0.15, 0.2) is 5.16 Å². The van der Waals surface area contributed by atoms with Crippen LogP contribution >= 0.6 is 11.8 Å². The molecule has 148 valence electrons. The Hall–Kier alpha value is -2.01. The summed E-state index contributed by atoms with van der Waals surface area (Å²) in [5.74, 6) is 0.362. The summed E-state index contributed by atoms with van der Waals surface area (Å²) in [4.78, 5) is 1.72. The lowest BCUT2D eigenvalue weighted by molar-refractivity contribution is -0.141. The van der Waals surface area contributed by atoms with Gasteiger partial charge in [-0.3, -0.25) is 4.57 Å². The van der Waals surface area contributed by atoms with E-state index >= 15 is 0 Å². The maximum Gasteiger partial charge on any atom is 0.406 e. The van der Waals surface area contributed by atoms with Crippen LogP contribution in [0.2, 0.25) is 0 Å². The second-order valence-corrected chi connectivity index (χ2v) is 6.77. The molecule has 1 fully saturated rings. The van der Waals surface area contributed by atoms with Crippen molar-refractivity contribution < 1.29 is 27.0 Å². The van der Waals surface area contributed by atoms with Crippen LogP contribution in [-0.2, 0) is 17.0 Å². The smallest absolute Gasteiger partial charge is 0.406 e. The Morgan fingerprint density at radius 2 is 1.96 bits per heavy atom. The molecule has 0 radical (unpaired) electrons. The number of benzene rings is 1. The van der Waals surface area contributed by atoms with E-state index in [1.165, 1.54) is 25.3 Å². The number of alkyl halides is 3. The van der Waals surface area contributed by atoms with Crippen molar-refractivity contribution in [3.63, 3.8) is 0 Å². The van der Waals surface area contributed by atoms with Gasteiger partial charge in [-0.15, -0.1) is 10.2 Å². The van der Waals surface area contributed by atoms with Gasteiger partial charge in [-0.25, -0.2) is 4.39 Å². The summed E-state index contributed by atoms with van der Waals surface area (Å²) < 4.78 is 64.2. The lowest BCUT2D eigenvalue weighted by Gasteiger charge is -2.28. The highest BCUT2D eigenvalue weighted by molar-refractivity contribution is 7.98. The first kappa shape index (κ1) is 19.7. The standard InChI is InChI=1S/C16H18F4N4O2S/c1-25-13-3-2-12(17)8-11(13)9-27-15-22-21-14(23-4-6-26-7-5-23)24(15)10-16(18,19)20/h2-3,8H,4-7,9-10H2,1H3. The zero-order valence-electron chi connectivity index (χ0n) is 14.5. The predicted octanol–water partition coefficient (Wildman–Crippen LogP) is 3.12. The number of ether oxygens (including phenoxy) is 2. The van der Waals surface area contributed by atoms with Gasteiger partial charge in [0.2, 0.25) is 5.95 Å².